The standard InChI is InChI=1S/C20H32N2O4/c1-15(2)11-22(20(24)17-5-7-18(25-4)8-6-17)14-19-13-21(9-10-26-19)12-16(3)23/h5-8,15-16,19,23H,9-14H2,1-4H3/t16-,19-/m0/s1. The molecule has 6 heteroatoms. The van der Waals surface area contributed by atoms with Gasteiger partial charge in [-0.25, -0.2) is 0 Å². The normalized spacial score (nSPS) is 19.4. The van der Waals surface area contributed by atoms with Gasteiger partial charge in [-0.15, -0.1) is 0 Å². The number of carbonyl (C=O) groups excluding carboxylic acids is 1. The largest absolute Gasteiger partial charge is 0.497 e. The summed E-state index contributed by atoms with van der Waals surface area (Å²) < 4.78 is 11.1. The maximum atomic E-state index is 13.0. The van der Waals surface area contributed by atoms with E-state index in [1.54, 1.807) is 26.2 Å². The van der Waals surface area contributed by atoms with Crippen LogP contribution in [0.4, 0.5) is 0 Å². The van der Waals surface area contributed by atoms with Crippen LogP contribution in [0, 0.1) is 5.92 Å². The number of aliphatic hydroxyl groups excluding tert-OH is 1. The first-order valence-electron chi connectivity index (χ1n) is 9.34. The first kappa shape index (κ1) is 20.7. The summed E-state index contributed by atoms with van der Waals surface area (Å²) in [7, 11) is 1.61. The number of hydrogen-bond donors (Lipinski definition) is 1. The van der Waals surface area contributed by atoms with Gasteiger partial charge >= 0.3 is 0 Å². The molecule has 0 bridgehead atoms. The fraction of sp³-hybridized carbons (Fsp3) is 0.650. The van der Waals surface area contributed by atoms with Gasteiger partial charge in [-0.1, -0.05) is 13.8 Å². The van der Waals surface area contributed by atoms with Crippen molar-refractivity contribution in [2.24, 2.45) is 5.92 Å². The molecule has 1 aliphatic rings. The third-order valence-corrected chi connectivity index (χ3v) is 4.38. The molecular weight excluding hydrogens is 332 g/mol. The van der Waals surface area contributed by atoms with Gasteiger partial charge < -0.3 is 19.5 Å². The van der Waals surface area contributed by atoms with E-state index in [0.717, 1.165) is 18.8 Å². The lowest BCUT2D eigenvalue weighted by molar-refractivity contribution is -0.0498. The van der Waals surface area contributed by atoms with E-state index in [9.17, 15) is 9.90 Å². The van der Waals surface area contributed by atoms with E-state index in [1.165, 1.54) is 0 Å². The molecule has 1 heterocycles. The molecule has 0 spiro atoms. The van der Waals surface area contributed by atoms with E-state index in [2.05, 4.69) is 18.7 Å². The number of morpholine rings is 1. The van der Waals surface area contributed by atoms with E-state index in [4.69, 9.17) is 9.47 Å². The van der Waals surface area contributed by atoms with Crippen molar-refractivity contribution in [1.82, 2.24) is 9.80 Å². The van der Waals surface area contributed by atoms with Crippen LogP contribution in [0.2, 0.25) is 0 Å². The van der Waals surface area contributed by atoms with E-state index < -0.39 is 0 Å². The Labute approximate surface area is 156 Å². The van der Waals surface area contributed by atoms with Crippen molar-refractivity contribution < 1.29 is 19.4 Å². The van der Waals surface area contributed by atoms with Gasteiger partial charge in [0.05, 0.1) is 25.9 Å². The van der Waals surface area contributed by atoms with Gasteiger partial charge in [-0.05, 0) is 37.1 Å². The number of aliphatic hydroxyl groups is 1. The number of nitrogens with zero attached hydrogens (tertiary/aromatic N) is 2. The molecule has 6 nitrogen and oxygen atoms in total. The van der Waals surface area contributed by atoms with Crippen LogP contribution in [0.1, 0.15) is 31.1 Å². The molecule has 1 aromatic carbocycles. The zero-order valence-corrected chi connectivity index (χ0v) is 16.4. The van der Waals surface area contributed by atoms with Gasteiger partial charge in [-0.2, -0.15) is 0 Å². The summed E-state index contributed by atoms with van der Waals surface area (Å²) in [5.74, 6) is 1.12. The third-order valence-electron chi connectivity index (χ3n) is 4.38. The van der Waals surface area contributed by atoms with Crippen LogP contribution in [-0.2, 0) is 4.74 Å². The second-order valence-electron chi connectivity index (χ2n) is 7.43. The van der Waals surface area contributed by atoms with Crippen molar-refractivity contribution in [3.8, 4) is 5.75 Å². The molecule has 1 amide bonds. The molecule has 146 valence electrons. The summed E-state index contributed by atoms with van der Waals surface area (Å²) in [5.41, 5.74) is 0.656. The zero-order chi connectivity index (χ0) is 19.1. The predicted octanol–water partition coefficient (Wildman–Crippen LogP) is 1.87. The molecule has 2 rings (SSSR count). The van der Waals surface area contributed by atoms with Crippen LogP contribution >= 0.6 is 0 Å². The number of rotatable bonds is 8. The van der Waals surface area contributed by atoms with Crippen LogP contribution in [0.3, 0.4) is 0 Å². The van der Waals surface area contributed by atoms with Crippen molar-refractivity contribution in [1.29, 1.82) is 0 Å². The molecule has 26 heavy (non-hydrogen) atoms. The highest BCUT2D eigenvalue weighted by molar-refractivity contribution is 5.94. The second-order valence-corrected chi connectivity index (χ2v) is 7.43. The summed E-state index contributed by atoms with van der Waals surface area (Å²) in [6.45, 7) is 10.1. The number of amides is 1. The van der Waals surface area contributed by atoms with Crippen LogP contribution in [-0.4, -0.2) is 79.5 Å². The molecule has 1 aromatic rings. The van der Waals surface area contributed by atoms with Crippen LogP contribution < -0.4 is 4.74 Å². The van der Waals surface area contributed by atoms with Crippen molar-refractivity contribution >= 4 is 5.91 Å². The number of benzene rings is 1. The lowest BCUT2D eigenvalue weighted by atomic mass is 10.1. The molecule has 1 N–H and O–H groups in total. The lowest BCUT2D eigenvalue weighted by Gasteiger charge is -2.36. The topological polar surface area (TPSA) is 62.2 Å². The maximum Gasteiger partial charge on any atom is 0.253 e. The fourth-order valence-corrected chi connectivity index (χ4v) is 3.27. The predicted molar refractivity (Wildman–Crippen MR) is 102 cm³/mol. The van der Waals surface area contributed by atoms with Gasteiger partial charge in [-0.3, -0.25) is 9.69 Å². The van der Waals surface area contributed by atoms with E-state index in [1.807, 2.05) is 17.0 Å². The minimum Gasteiger partial charge on any atom is -0.497 e. The Morgan fingerprint density at radius 3 is 2.62 bits per heavy atom. The summed E-state index contributed by atoms with van der Waals surface area (Å²) in [5, 5.41) is 9.61. The van der Waals surface area contributed by atoms with Gasteiger partial charge in [0.1, 0.15) is 5.75 Å². The average Bonchev–Trinajstić information content (AvgIpc) is 2.60. The summed E-state index contributed by atoms with van der Waals surface area (Å²) in [4.78, 5) is 17.1. The van der Waals surface area contributed by atoms with Crippen LogP contribution in [0.25, 0.3) is 0 Å². The summed E-state index contributed by atoms with van der Waals surface area (Å²) in [6, 6.07) is 7.22. The third kappa shape index (κ3) is 6.27. The maximum absolute atomic E-state index is 13.0. The van der Waals surface area contributed by atoms with E-state index >= 15 is 0 Å². The van der Waals surface area contributed by atoms with Crippen LogP contribution in [0.15, 0.2) is 24.3 Å². The zero-order valence-electron chi connectivity index (χ0n) is 16.4. The molecule has 1 saturated heterocycles. The second kappa shape index (κ2) is 9.90. The highest BCUT2D eigenvalue weighted by atomic mass is 16.5. The molecule has 0 radical (unpaired) electrons. The molecule has 1 aliphatic heterocycles. The Morgan fingerprint density at radius 2 is 2.04 bits per heavy atom. The number of ether oxygens (including phenoxy) is 2. The molecule has 2 atom stereocenters. The van der Waals surface area contributed by atoms with E-state index in [-0.39, 0.29) is 18.1 Å². The lowest BCUT2D eigenvalue weighted by Crippen LogP contribution is -2.50. The van der Waals surface area contributed by atoms with Gasteiger partial charge in [0.15, 0.2) is 0 Å². The highest BCUT2D eigenvalue weighted by Gasteiger charge is 2.26. The molecule has 0 aliphatic carbocycles. The number of hydrogen-bond acceptors (Lipinski definition) is 5. The summed E-state index contributed by atoms with van der Waals surface area (Å²) in [6.07, 6.45) is -0.398. The van der Waals surface area contributed by atoms with Crippen molar-refractivity contribution in [2.45, 2.75) is 33.0 Å². The van der Waals surface area contributed by atoms with Gasteiger partial charge in [0.25, 0.3) is 5.91 Å². The molecule has 0 saturated carbocycles. The Kier molecular flexibility index (Phi) is 7.87. The monoisotopic (exact) mass is 364 g/mol. The Morgan fingerprint density at radius 1 is 1.35 bits per heavy atom. The summed E-state index contributed by atoms with van der Waals surface area (Å²) >= 11 is 0. The fourth-order valence-electron chi connectivity index (χ4n) is 3.27. The number of methoxy groups -OCH3 is 1. The van der Waals surface area contributed by atoms with E-state index in [0.29, 0.717) is 37.7 Å². The smallest absolute Gasteiger partial charge is 0.253 e. The van der Waals surface area contributed by atoms with Crippen molar-refractivity contribution in [2.75, 3.05) is 46.4 Å². The Balaban J connectivity index is 2.04. The molecule has 0 unspecified atom stereocenters. The molecular formula is C20H32N2O4. The van der Waals surface area contributed by atoms with Gasteiger partial charge in [0.2, 0.25) is 0 Å². The number of β-amino-alcohol motifs (C(OH)–C–C–N with tert-alkyl or cyclic N) is 1. The Bertz CT molecular complexity index is 559. The average molecular weight is 364 g/mol. The van der Waals surface area contributed by atoms with Crippen molar-refractivity contribution in [3.63, 3.8) is 0 Å². The quantitative estimate of drug-likeness (QED) is 0.763. The van der Waals surface area contributed by atoms with Crippen LogP contribution in [0.5, 0.6) is 5.75 Å². The van der Waals surface area contributed by atoms with Gasteiger partial charge in [0, 0.05) is 38.3 Å². The first-order chi connectivity index (χ1) is 12.4. The molecule has 1 fully saturated rings. The highest BCUT2D eigenvalue weighted by Crippen LogP contribution is 2.16. The number of carbonyl (C=O) groups is 1. The first-order valence-corrected chi connectivity index (χ1v) is 9.34. The Hall–Kier alpha value is -1.63. The van der Waals surface area contributed by atoms with Crippen molar-refractivity contribution in [3.05, 3.63) is 29.8 Å². The minimum atomic E-state index is -0.360. The minimum absolute atomic E-state index is 0.0117. The molecule has 0 aromatic heterocycles. The SMILES string of the molecule is COc1ccc(C(=O)N(CC(C)C)C[C@@H]2CN(C[C@H](C)O)CCO2)cc1.